The monoisotopic (exact) mass is 474 g/mol. The second kappa shape index (κ2) is 9.47. The molecule has 0 aliphatic rings. The maximum absolute atomic E-state index is 13.2. The summed E-state index contributed by atoms with van der Waals surface area (Å²) in [7, 11) is 0. The Morgan fingerprint density at radius 2 is 1.48 bits per heavy atom. The molecule has 2 aromatic heterocycles. The average Bonchev–Trinajstić information content (AvgIpc) is 3.35. The van der Waals surface area contributed by atoms with Crippen LogP contribution in [0, 0.1) is 5.82 Å². The van der Waals surface area contributed by atoms with Gasteiger partial charge < -0.3 is 10.6 Å². The van der Waals surface area contributed by atoms with Crippen molar-refractivity contribution in [3.63, 3.8) is 0 Å². The fourth-order valence-corrected chi connectivity index (χ4v) is 3.46. The molecule has 4 rings (SSSR count). The van der Waals surface area contributed by atoms with Gasteiger partial charge in [0.25, 0.3) is 0 Å². The molecule has 2 aromatic carbocycles. The van der Waals surface area contributed by atoms with E-state index in [1.165, 1.54) is 12.1 Å². The molecule has 0 aliphatic carbocycles. The van der Waals surface area contributed by atoms with Crippen LogP contribution in [-0.4, -0.2) is 24.7 Å². The van der Waals surface area contributed by atoms with Crippen molar-refractivity contribution in [1.29, 1.82) is 0 Å². The van der Waals surface area contributed by atoms with Crippen LogP contribution in [0.3, 0.4) is 0 Å². The quantitative estimate of drug-likeness (QED) is 0.364. The van der Waals surface area contributed by atoms with Crippen molar-refractivity contribution in [2.24, 2.45) is 0 Å². The average molecular weight is 475 g/mol. The summed E-state index contributed by atoms with van der Waals surface area (Å²) in [5, 5.41) is 16.3. The Morgan fingerprint density at radius 3 is 2.10 bits per heavy atom. The van der Waals surface area contributed by atoms with Crippen LogP contribution in [0.2, 0.25) is 10.0 Å². The SMILES string of the molecule is Fc1ccc(Cn2ccc(NC(=S)Nc3ccn(Cc4ccc(Cl)cc4)n3)n2)c(Cl)c1. The van der Waals surface area contributed by atoms with Crippen LogP contribution in [0.25, 0.3) is 0 Å². The van der Waals surface area contributed by atoms with Gasteiger partial charge in [0.1, 0.15) is 5.82 Å². The number of anilines is 2. The molecule has 31 heavy (non-hydrogen) atoms. The summed E-state index contributed by atoms with van der Waals surface area (Å²) in [6, 6.07) is 15.5. The molecule has 0 fully saturated rings. The predicted octanol–water partition coefficient (Wildman–Crippen LogP) is 5.43. The molecule has 0 amide bonds. The highest BCUT2D eigenvalue weighted by atomic mass is 35.5. The van der Waals surface area contributed by atoms with Crippen molar-refractivity contribution in [3.05, 3.63) is 94.0 Å². The zero-order chi connectivity index (χ0) is 21.8. The van der Waals surface area contributed by atoms with Gasteiger partial charge in [0.15, 0.2) is 16.7 Å². The van der Waals surface area contributed by atoms with Gasteiger partial charge in [0, 0.05) is 34.6 Å². The molecule has 0 bridgehead atoms. The third-order valence-electron chi connectivity index (χ3n) is 4.37. The fraction of sp³-hybridized carbons (Fsp3) is 0.0952. The Kier molecular flexibility index (Phi) is 6.50. The summed E-state index contributed by atoms with van der Waals surface area (Å²) in [4.78, 5) is 0. The molecule has 4 aromatic rings. The van der Waals surface area contributed by atoms with Crippen LogP contribution in [0.15, 0.2) is 67.0 Å². The van der Waals surface area contributed by atoms with Gasteiger partial charge in [-0.3, -0.25) is 9.36 Å². The lowest BCUT2D eigenvalue weighted by Gasteiger charge is -2.07. The van der Waals surface area contributed by atoms with Crippen molar-refractivity contribution < 1.29 is 4.39 Å². The zero-order valence-corrected chi connectivity index (χ0v) is 18.4. The first-order valence-corrected chi connectivity index (χ1v) is 10.4. The molecule has 0 saturated heterocycles. The van der Waals surface area contributed by atoms with E-state index in [1.807, 2.05) is 36.5 Å². The summed E-state index contributed by atoms with van der Waals surface area (Å²) < 4.78 is 16.7. The Labute approximate surface area is 193 Å². The molecule has 10 heteroatoms. The number of halogens is 3. The van der Waals surface area contributed by atoms with E-state index >= 15 is 0 Å². The lowest BCUT2D eigenvalue weighted by Crippen LogP contribution is -2.20. The van der Waals surface area contributed by atoms with Gasteiger partial charge in [0.05, 0.1) is 13.1 Å². The van der Waals surface area contributed by atoms with E-state index in [1.54, 1.807) is 27.7 Å². The maximum Gasteiger partial charge on any atom is 0.177 e. The van der Waals surface area contributed by atoms with Gasteiger partial charge in [-0.1, -0.05) is 41.4 Å². The van der Waals surface area contributed by atoms with Crippen molar-refractivity contribution in [2.45, 2.75) is 13.1 Å². The number of benzene rings is 2. The zero-order valence-electron chi connectivity index (χ0n) is 16.1. The third kappa shape index (κ3) is 5.81. The topological polar surface area (TPSA) is 59.7 Å². The summed E-state index contributed by atoms with van der Waals surface area (Å²) >= 11 is 17.3. The number of nitrogens with zero attached hydrogens (tertiary/aromatic N) is 4. The Bertz CT molecular complexity index is 1200. The van der Waals surface area contributed by atoms with Gasteiger partial charge in [-0.2, -0.15) is 10.2 Å². The van der Waals surface area contributed by atoms with E-state index in [-0.39, 0.29) is 5.82 Å². The summed E-state index contributed by atoms with van der Waals surface area (Å²) in [6.07, 6.45) is 3.65. The first-order chi connectivity index (χ1) is 14.9. The minimum Gasteiger partial charge on any atom is -0.316 e. The van der Waals surface area contributed by atoms with Gasteiger partial charge >= 0.3 is 0 Å². The lowest BCUT2D eigenvalue weighted by molar-refractivity contribution is 0.624. The second-order valence-corrected chi connectivity index (χ2v) is 7.99. The predicted molar refractivity (Wildman–Crippen MR) is 125 cm³/mol. The molecule has 0 saturated carbocycles. The van der Waals surface area contributed by atoms with Gasteiger partial charge in [-0.15, -0.1) is 0 Å². The van der Waals surface area contributed by atoms with Crippen molar-refractivity contribution >= 4 is 52.2 Å². The molecule has 0 atom stereocenters. The molecule has 0 spiro atoms. The highest BCUT2D eigenvalue weighted by molar-refractivity contribution is 7.80. The fourth-order valence-electron chi connectivity index (χ4n) is 2.90. The molecule has 0 aliphatic heterocycles. The number of rotatable bonds is 6. The number of hydrogen-bond acceptors (Lipinski definition) is 3. The van der Waals surface area contributed by atoms with Crippen molar-refractivity contribution in [1.82, 2.24) is 19.6 Å². The van der Waals surface area contributed by atoms with Gasteiger partial charge in [-0.05, 0) is 47.6 Å². The van der Waals surface area contributed by atoms with E-state index in [2.05, 4.69) is 20.8 Å². The highest BCUT2D eigenvalue weighted by Gasteiger charge is 2.07. The molecule has 6 nitrogen and oxygen atoms in total. The Balaban J connectivity index is 1.32. The largest absolute Gasteiger partial charge is 0.316 e. The Morgan fingerprint density at radius 1 is 0.871 bits per heavy atom. The summed E-state index contributed by atoms with van der Waals surface area (Å²) in [6.45, 7) is 1.03. The number of thiocarbonyl (C=S) groups is 1. The molecule has 158 valence electrons. The number of aromatic nitrogens is 4. The smallest absolute Gasteiger partial charge is 0.177 e. The standard InChI is InChI=1S/C21H17Cl2FN6S/c22-16-4-1-14(2-5-16)12-29-9-7-19(27-29)25-21(31)26-20-8-10-30(28-20)13-15-3-6-17(24)11-18(15)23/h1-11H,12-13H2,(H2,25,26,27,28,31). The minimum absolute atomic E-state index is 0.358. The molecule has 2 heterocycles. The highest BCUT2D eigenvalue weighted by Crippen LogP contribution is 2.19. The van der Waals surface area contributed by atoms with Crippen LogP contribution >= 0.6 is 35.4 Å². The summed E-state index contributed by atoms with van der Waals surface area (Å²) in [5.41, 5.74) is 1.86. The molecule has 0 unspecified atom stereocenters. The molecule has 0 radical (unpaired) electrons. The van der Waals surface area contributed by atoms with E-state index in [4.69, 9.17) is 35.4 Å². The maximum atomic E-state index is 13.2. The minimum atomic E-state index is -0.372. The Hall–Kier alpha value is -2.94. The van der Waals surface area contributed by atoms with E-state index in [9.17, 15) is 4.39 Å². The van der Waals surface area contributed by atoms with Gasteiger partial charge in [-0.25, -0.2) is 4.39 Å². The van der Waals surface area contributed by atoms with E-state index < -0.39 is 0 Å². The van der Waals surface area contributed by atoms with Crippen LogP contribution in [0.1, 0.15) is 11.1 Å². The summed E-state index contributed by atoms with van der Waals surface area (Å²) in [5.74, 6) is 0.809. The molecular formula is C21H17Cl2FN6S. The molecule has 2 N–H and O–H groups in total. The van der Waals surface area contributed by atoms with Gasteiger partial charge in [0.2, 0.25) is 0 Å². The molecular weight excluding hydrogens is 458 g/mol. The normalized spacial score (nSPS) is 10.8. The van der Waals surface area contributed by atoms with Crippen LogP contribution in [-0.2, 0) is 13.1 Å². The van der Waals surface area contributed by atoms with Crippen LogP contribution in [0.4, 0.5) is 16.0 Å². The lowest BCUT2D eigenvalue weighted by atomic mass is 10.2. The first-order valence-electron chi connectivity index (χ1n) is 9.28. The number of nitrogens with one attached hydrogen (secondary N) is 2. The van der Waals surface area contributed by atoms with E-state index in [0.717, 1.165) is 11.1 Å². The van der Waals surface area contributed by atoms with E-state index in [0.29, 0.717) is 39.9 Å². The van der Waals surface area contributed by atoms with Crippen molar-refractivity contribution in [2.75, 3.05) is 10.6 Å². The second-order valence-electron chi connectivity index (χ2n) is 6.74. The number of hydrogen-bond donors (Lipinski definition) is 2. The third-order valence-corrected chi connectivity index (χ3v) is 5.18. The van der Waals surface area contributed by atoms with Crippen LogP contribution < -0.4 is 10.6 Å². The van der Waals surface area contributed by atoms with Crippen LogP contribution in [0.5, 0.6) is 0 Å². The first kappa shape index (κ1) is 21.3. The van der Waals surface area contributed by atoms with Crippen molar-refractivity contribution in [3.8, 4) is 0 Å².